The Morgan fingerprint density at radius 1 is 1.35 bits per heavy atom. The molecular weight excluding hydrogens is 225 g/mol. The number of hydrogen-bond acceptors (Lipinski definition) is 3. The lowest BCUT2D eigenvalue weighted by molar-refractivity contribution is 0.599. The summed E-state index contributed by atoms with van der Waals surface area (Å²) in [6.07, 6.45) is 0. The zero-order valence-electron chi connectivity index (χ0n) is 9.31. The van der Waals surface area contributed by atoms with Gasteiger partial charge in [-0.15, -0.1) is 0 Å². The standard InChI is InChI=1S/C11H12FN3O2/c1-14-8-4-2-3-7(12)9(8)10(16)15(6-5-13)11(14)17/h2-4H,5-6,13H2,1H3. The van der Waals surface area contributed by atoms with Crippen molar-refractivity contribution in [2.24, 2.45) is 12.8 Å². The van der Waals surface area contributed by atoms with E-state index in [1.54, 1.807) is 0 Å². The van der Waals surface area contributed by atoms with E-state index in [9.17, 15) is 14.0 Å². The Kier molecular flexibility index (Phi) is 2.81. The summed E-state index contributed by atoms with van der Waals surface area (Å²) in [7, 11) is 1.50. The lowest BCUT2D eigenvalue weighted by Gasteiger charge is -2.09. The number of benzene rings is 1. The molecule has 0 aliphatic rings. The van der Waals surface area contributed by atoms with E-state index in [1.165, 1.54) is 29.8 Å². The highest BCUT2D eigenvalue weighted by atomic mass is 19.1. The summed E-state index contributed by atoms with van der Waals surface area (Å²) in [5, 5.41) is -0.0805. The van der Waals surface area contributed by atoms with Gasteiger partial charge < -0.3 is 5.73 Å². The highest BCUT2D eigenvalue weighted by Crippen LogP contribution is 2.10. The highest BCUT2D eigenvalue weighted by molar-refractivity contribution is 5.78. The number of aromatic nitrogens is 2. The minimum absolute atomic E-state index is 0.0791. The van der Waals surface area contributed by atoms with Crippen LogP contribution in [-0.4, -0.2) is 15.7 Å². The summed E-state index contributed by atoms with van der Waals surface area (Å²) < 4.78 is 15.8. The van der Waals surface area contributed by atoms with Crippen LogP contribution in [0, 0.1) is 5.82 Å². The van der Waals surface area contributed by atoms with Crippen LogP contribution in [0.25, 0.3) is 10.9 Å². The monoisotopic (exact) mass is 237 g/mol. The largest absolute Gasteiger partial charge is 0.331 e. The first-order valence-electron chi connectivity index (χ1n) is 5.16. The third kappa shape index (κ3) is 1.66. The molecule has 0 saturated carbocycles. The molecule has 0 amide bonds. The molecule has 2 aromatic rings. The Labute approximate surface area is 95.9 Å². The molecule has 0 atom stereocenters. The first-order chi connectivity index (χ1) is 8.07. The van der Waals surface area contributed by atoms with E-state index in [4.69, 9.17) is 5.73 Å². The van der Waals surface area contributed by atoms with Crippen LogP contribution in [0.5, 0.6) is 0 Å². The number of fused-ring (bicyclic) bond motifs is 1. The van der Waals surface area contributed by atoms with E-state index in [0.29, 0.717) is 0 Å². The van der Waals surface area contributed by atoms with Gasteiger partial charge in [-0.2, -0.15) is 0 Å². The molecule has 0 saturated heterocycles. The molecule has 5 nitrogen and oxygen atoms in total. The van der Waals surface area contributed by atoms with Crippen molar-refractivity contribution in [2.75, 3.05) is 6.54 Å². The lowest BCUT2D eigenvalue weighted by Crippen LogP contribution is -2.40. The van der Waals surface area contributed by atoms with Gasteiger partial charge in [0.1, 0.15) is 5.82 Å². The number of aryl methyl sites for hydroxylation is 1. The fourth-order valence-corrected chi connectivity index (χ4v) is 1.84. The van der Waals surface area contributed by atoms with Crippen molar-refractivity contribution in [3.63, 3.8) is 0 Å². The summed E-state index contributed by atoms with van der Waals surface area (Å²) in [5.41, 5.74) is 4.49. The fraction of sp³-hybridized carbons (Fsp3) is 0.273. The van der Waals surface area contributed by atoms with Gasteiger partial charge in [0.15, 0.2) is 0 Å². The first kappa shape index (κ1) is 11.5. The Morgan fingerprint density at radius 2 is 2.06 bits per heavy atom. The second-order valence-corrected chi connectivity index (χ2v) is 3.72. The average Bonchev–Trinajstić information content (AvgIpc) is 2.31. The van der Waals surface area contributed by atoms with Crippen molar-refractivity contribution in [3.05, 3.63) is 44.9 Å². The van der Waals surface area contributed by atoms with E-state index in [0.717, 1.165) is 4.57 Å². The fourth-order valence-electron chi connectivity index (χ4n) is 1.84. The molecule has 2 rings (SSSR count). The van der Waals surface area contributed by atoms with E-state index < -0.39 is 17.1 Å². The molecule has 90 valence electrons. The number of hydrogen-bond donors (Lipinski definition) is 1. The van der Waals surface area contributed by atoms with Gasteiger partial charge in [0.25, 0.3) is 5.56 Å². The van der Waals surface area contributed by atoms with Crippen LogP contribution in [0.4, 0.5) is 4.39 Å². The third-order valence-corrected chi connectivity index (χ3v) is 2.68. The van der Waals surface area contributed by atoms with Crippen molar-refractivity contribution in [1.82, 2.24) is 9.13 Å². The van der Waals surface area contributed by atoms with Crippen LogP contribution < -0.4 is 17.0 Å². The van der Waals surface area contributed by atoms with Crippen LogP contribution in [0.15, 0.2) is 27.8 Å². The molecule has 0 fully saturated rings. The molecular formula is C11H12FN3O2. The van der Waals surface area contributed by atoms with Gasteiger partial charge >= 0.3 is 5.69 Å². The van der Waals surface area contributed by atoms with Crippen molar-refractivity contribution in [1.29, 1.82) is 0 Å². The number of nitrogens with zero attached hydrogens (tertiary/aromatic N) is 2. The predicted octanol–water partition coefficient (Wildman–Crippen LogP) is -0.202. The predicted molar refractivity (Wildman–Crippen MR) is 62.5 cm³/mol. The third-order valence-electron chi connectivity index (χ3n) is 2.68. The molecule has 0 bridgehead atoms. The Bertz CT molecular complexity index is 687. The average molecular weight is 237 g/mol. The van der Waals surface area contributed by atoms with Crippen molar-refractivity contribution in [3.8, 4) is 0 Å². The topological polar surface area (TPSA) is 70.0 Å². The zero-order chi connectivity index (χ0) is 12.6. The SMILES string of the molecule is Cn1c(=O)n(CCN)c(=O)c2c(F)cccc21. The number of halogens is 1. The maximum absolute atomic E-state index is 13.6. The quantitative estimate of drug-likeness (QED) is 0.786. The molecule has 2 N–H and O–H groups in total. The first-order valence-corrected chi connectivity index (χ1v) is 5.16. The second kappa shape index (κ2) is 4.14. The highest BCUT2D eigenvalue weighted by Gasteiger charge is 2.13. The van der Waals surface area contributed by atoms with E-state index >= 15 is 0 Å². The van der Waals surface area contributed by atoms with Crippen LogP contribution in [0.2, 0.25) is 0 Å². The van der Waals surface area contributed by atoms with Gasteiger partial charge in [-0.25, -0.2) is 9.18 Å². The van der Waals surface area contributed by atoms with Crippen LogP contribution in [0.3, 0.4) is 0 Å². The maximum Gasteiger partial charge on any atom is 0.331 e. The van der Waals surface area contributed by atoms with Gasteiger partial charge in [-0.3, -0.25) is 13.9 Å². The molecule has 0 aliphatic heterocycles. The van der Waals surface area contributed by atoms with E-state index in [-0.39, 0.29) is 24.0 Å². The maximum atomic E-state index is 13.6. The van der Waals surface area contributed by atoms with Crippen molar-refractivity contribution >= 4 is 10.9 Å². The molecule has 1 heterocycles. The Hall–Kier alpha value is -1.95. The molecule has 1 aromatic heterocycles. The minimum Gasteiger partial charge on any atom is -0.329 e. The summed E-state index contributed by atoms with van der Waals surface area (Å²) in [6, 6.07) is 4.19. The summed E-state index contributed by atoms with van der Waals surface area (Å²) in [5.74, 6) is -0.631. The Morgan fingerprint density at radius 3 is 2.71 bits per heavy atom. The molecule has 0 spiro atoms. The van der Waals surface area contributed by atoms with E-state index in [1.807, 2.05) is 0 Å². The second-order valence-electron chi connectivity index (χ2n) is 3.72. The van der Waals surface area contributed by atoms with Crippen LogP contribution in [-0.2, 0) is 13.6 Å². The summed E-state index contributed by atoms with van der Waals surface area (Å²) >= 11 is 0. The lowest BCUT2D eigenvalue weighted by atomic mass is 10.2. The molecule has 6 heteroatoms. The normalized spacial score (nSPS) is 11.0. The zero-order valence-corrected chi connectivity index (χ0v) is 9.31. The smallest absolute Gasteiger partial charge is 0.329 e. The van der Waals surface area contributed by atoms with Gasteiger partial charge in [0, 0.05) is 20.1 Å². The molecule has 0 unspecified atom stereocenters. The van der Waals surface area contributed by atoms with Crippen LogP contribution in [0.1, 0.15) is 0 Å². The van der Waals surface area contributed by atoms with Gasteiger partial charge in [-0.1, -0.05) is 6.07 Å². The van der Waals surface area contributed by atoms with Gasteiger partial charge in [0.2, 0.25) is 0 Å². The molecule has 0 aliphatic carbocycles. The molecule has 17 heavy (non-hydrogen) atoms. The number of rotatable bonds is 2. The van der Waals surface area contributed by atoms with Crippen molar-refractivity contribution < 1.29 is 4.39 Å². The minimum atomic E-state index is -0.633. The molecule has 0 radical (unpaired) electrons. The van der Waals surface area contributed by atoms with E-state index in [2.05, 4.69) is 0 Å². The Balaban J connectivity index is 3.02. The van der Waals surface area contributed by atoms with Crippen molar-refractivity contribution in [2.45, 2.75) is 6.54 Å². The van der Waals surface area contributed by atoms with Crippen LogP contribution >= 0.6 is 0 Å². The summed E-state index contributed by atoms with van der Waals surface area (Å²) in [6.45, 7) is 0.227. The van der Waals surface area contributed by atoms with Gasteiger partial charge in [0.05, 0.1) is 10.9 Å². The van der Waals surface area contributed by atoms with Gasteiger partial charge in [-0.05, 0) is 12.1 Å². The number of nitrogens with two attached hydrogens (primary N) is 1. The summed E-state index contributed by atoms with van der Waals surface area (Å²) in [4.78, 5) is 23.8. The molecule has 1 aromatic carbocycles.